The van der Waals surface area contributed by atoms with E-state index in [4.69, 9.17) is 4.74 Å². The van der Waals surface area contributed by atoms with Gasteiger partial charge in [0, 0.05) is 6.54 Å². The van der Waals surface area contributed by atoms with Gasteiger partial charge in [0.05, 0.1) is 6.42 Å². The van der Waals surface area contributed by atoms with Crippen molar-refractivity contribution in [3.63, 3.8) is 0 Å². The number of esters is 1. The second kappa shape index (κ2) is 36.9. The maximum atomic E-state index is 12.4. The Balaban J connectivity index is 3.96. The molecule has 0 aliphatic heterocycles. The molecule has 1 unspecified atom stereocenters. The van der Waals surface area contributed by atoms with Gasteiger partial charge in [0.15, 0.2) is 0 Å². The minimum Gasteiger partial charge on any atom is -0.462 e. The van der Waals surface area contributed by atoms with Crippen LogP contribution < -0.4 is 0 Å². The summed E-state index contributed by atoms with van der Waals surface area (Å²) in [4.78, 5) is 14.5. The maximum absolute atomic E-state index is 12.4. The molecular formula is C42H77NO2. The summed E-state index contributed by atoms with van der Waals surface area (Å²) in [5.41, 5.74) is 0. The van der Waals surface area contributed by atoms with E-state index in [-0.39, 0.29) is 12.1 Å². The van der Waals surface area contributed by atoms with E-state index in [0.717, 1.165) is 32.2 Å². The van der Waals surface area contributed by atoms with Crippen LogP contribution in [0.25, 0.3) is 0 Å². The molecule has 3 nitrogen and oxygen atoms in total. The first kappa shape index (κ1) is 43.4. The molecule has 0 aromatic carbocycles. The van der Waals surface area contributed by atoms with Gasteiger partial charge in [-0.15, -0.1) is 0 Å². The highest BCUT2D eigenvalue weighted by atomic mass is 16.5. The number of ether oxygens (including phenoxy) is 1. The van der Waals surface area contributed by atoms with Crippen LogP contribution in [-0.2, 0) is 9.53 Å². The van der Waals surface area contributed by atoms with Crippen LogP contribution in [0.5, 0.6) is 0 Å². The molecule has 0 aliphatic rings. The molecule has 0 saturated heterocycles. The Kier molecular flexibility index (Phi) is 35.5. The maximum Gasteiger partial charge on any atom is 0.307 e. The van der Waals surface area contributed by atoms with E-state index in [0.29, 0.717) is 6.42 Å². The van der Waals surface area contributed by atoms with Gasteiger partial charge in [-0.3, -0.25) is 4.79 Å². The molecule has 3 heteroatoms. The number of hydrogen-bond acceptors (Lipinski definition) is 3. The molecule has 0 N–H and O–H groups in total. The fraction of sp³-hybridized carbons (Fsp3) is 0.786. The van der Waals surface area contributed by atoms with Crippen LogP contribution in [0.3, 0.4) is 0 Å². The van der Waals surface area contributed by atoms with Crippen LogP contribution in [0, 0.1) is 0 Å². The largest absolute Gasteiger partial charge is 0.462 e. The zero-order valence-corrected chi connectivity index (χ0v) is 30.8. The molecule has 262 valence electrons. The van der Waals surface area contributed by atoms with Crippen LogP contribution >= 0.6 is 0 Å². The normalized spacial score (nSPS) is 13.0. The fourth-order valence-corrected chi connectivity index (χ4v) is 5.54. The summed E-state index contributed by atoms with van der Waals surface area (Å²) in [6, 6.07) is 0. The number of unbranched alkanes of at least 4 members (excludes halogenated alkanes) is 18. The van der Waals surface area contributed by atoms with Crippen molar-refractivity contribution < 1.29 is 9.53 Å². The first-order valence-corrected chi connectivity index (χ1v) is 19.5. The van der Waals surface area contributed by atoms with Crippen molar-refractivity contribution in [2.24, 2.45) is 0 Å². The van der Waals surface area contributed by atoms with Gasteiger partial charge in [-0.05, 0) is 104 Å². The molecule has 0 radical (unpaired) electrons. The Hall–Kier alpha value is -1.61. The van der Waals surface area contributed by atoms with E-state index in [1.807, 2.05) is 14.1 Å². The molecule has 0 aliphatic carbocycles. The lowest BCUT2D eigenvalue weighted by atomic mass is 10.0. The molecule has 0 aromatic rings. The third-order valence-corrected chi connectivity index (χ3v) is 8.51. The van der Waals surface area contributed by atoms with E-state index in [1.54, 1.807) is 0 Å². The zero-order valence-electron chi connectivity index (χ0n) is 30.8. The van der Waals surface area contributed by atoms with Gasteiger partial charge in [-0.2, -0.15) is 0 Å². The Bertz CT molecular complexity index is 672. The van der Waals surface area contributed by atoms with Gasteiger partial charge in [-0.1, -0.05) is 140 Å². The van der Waals surface area contributed by atoms with Crippen LogP contribution in [0.2, 0.25) is 0 Å². The van der Waals surface area contributed by atoms with Gasteiger partial charge in [0.1, 0.15) is 6.10 Å². The Labute approximate surface area is 282 Å². The van der Waals surface area contributed by atoms with E-state index in [9.17, 15) is 4.79 Å². The molecule has 0 spiro atoms. The average Bonchev–Trinajstić information content (AvgIpc) is 3.03. The first-order chi connectivity index (χ1) is 22.1. The monoisotopic (exact) mass is 628 g/mol. The molecule has 0 amide bonds. The molecule has 0 aromatic heterocycles. The van der Waals surface area contributed by atoms with Gasteiger partial charge in [0.25, 0.3) is 0 Å². The highest BCUT2D eigenvalue weighted by molar-refractivity contribution is 5.69. The minimum atomic E-state index is -0.0197. The summed E-state index contributed by atoms with van der Waals surface area (Å²) < 4.78 is 5.96. The molecule has 0 heterocycles. The quantitative estimate of drug-likeness (QED) is 0.0404. The van der Waals surface area contributed by atoms with E-state index < -0.39 is 0 Å². The number of hydrogen-bond donors (Lipinski definition) is 0. The van der Waals surface area contributed by atoms with Crippen molar-refractivity contribution in [3.8, 4) is 0 Å². The van der Waals surface area contributed by atoms with E-state index in [1.165, 1.54) is 141 Å². The van der Waals surface area contributed by atoms with Crippen molar-refractivity contribution in [2.45, 2.75) is 193 Å². The van der Waals surface area contributed by atoms with Crippen molar-refractivity contribution in [2.75, 3.05) is 20.6 Å². The predicted octanol–water partition coefficient (Wildman–Crippen LogP) is 13.3. The van der Waals surface area contributed by atoms with Crippen LogP contribution in [0.4, 0.5) is 0 Å². The number of rotatable bonds is 34. The SMILES string of the molecule is CCCCCC=CC/C=C\CCCCCCCCC(CCCCCCCC/C=C\C/C=C\CCCCC)OC(=O)CCN(C)C. The van der Waals surface area contributed by atoms with Crippen LogP contribution in [-0.4, -0.2) is 37.6 Å². The third kappa shape index (κ3) is 36.7. The molecule has 45 heavy (non-hydrogen) atoms. The summed E-state index contributed by atoms with van der Waals surface area (Å²) in [5.74, 6) is -0.0197. The van der Waals surface area contributed by atoms with Gasteiger partial charge >= 0.3 is 5.97 Å². The van der Waals surface area contributed by atoms with Crippen molar-refractivity contribution in [1.82, 2.24) is 4.90 Å². The Morgan fingerprint density at radius 2 is 0.867 bits per heavy atom. The van der Waals surface area contributed by atoms with E-state index in [2.05, 4.69) is 67.4 Å². The summed E-state index contributed by atoms with van der Waals surface area (Å²) >= 11 is 0. The lowest BCUT2D eigenvalue weighted by Crippen LogP contribution is -2.22. The Morgan fingerprint density at radius 3 is 1.24 bits per heavy atom. The average molecular weight is 628 g/mol. The summed E-state index contributed by atoms with van der Waals surface area (Å²) in [6.07, 6.45) is 51.8. The number of nitrogens with zero attached hydrogens (tertiary/aromatic N) is 1. The topological polar surface area (TPSA) is 29.5 Å². The second-order valence-electron chi connectivity index (χ2n) is 13.4. The highest BCUT2D eigenvalue weighted by Crippen LogP contribution is 2.18. The van der Waals surface area contributed by atoms with E-state index >= 15 is 0 Å². The molecule has 0 fully saturated rings. The minimum absolute atomic E-state index is 0.0197. The van der Waals surface area contributed by atoms with Gasteiger partial charge < -0.3 is 9.64 Å². The predicted molar refractivity (Wildman–Crippen MR) is 201 cm³/mol. The standard InChI is InChI=1S/C42H77NO2/c1-5-7-9-11-13-15-17-19-21-23-25-27-29-31-33-35-37-41(45-42(44)39-40-43(3)4)38-36-34-32-30-28-26-24-22-20-18-16-14-12-10-8-6-2/h13-16,19-22,41H,5-12,17-18,23-40H2,1-4H3/b15-13-,16-14?,21-19-,22-20-. The summed E-state index contributed by atoms with van der Waals surface area (Å²) in [7, 11) is 4.03. The third-order valence-electron chi connectivity index (χ3n) is 8.51. The molecule has 0 saturated carbocycles. The number of carbonyl (C=O) groups is 1. The van der Waals surface area contributed by atoms with Crippen LogP contribution in [0.15, 0.2) is 48.6 Å². The molecule has 0 rings (SSSR count). The Morgan fingerprint density at radius 1 is 0.511 bits per heavy atom. The summed E-state index contributed by atoms with van der Waals surface area (Å²) in [5, 5.41) is 0. The van der Waals surface area contributed by atoms with Crippen molar-refractivity contribution in [1.29, 1.82) is 0 Å². The molecular weight excluding hydrogens is 550 g/mol. The fourth-order valence-electron chi connectivity index (χ4n) is 5.54. The lowest BCUT2D eigenvalue weighted by Gasteiger charge is -2.19. The first-order valence-electron chi connectivity index (χ1n) is 19.5. The lowest BCUT2D eigenvalue weighted by molar-refractivity contribution is -0.150. The van der Waals surface area contributed by atoms with Crippen molar-refractivity contribution >= 4 is 5.97 Å². The highest BCUT2D eigenvalue weighted by Gasteiger charge is 2.14. The smallest absolute Gasteiger partial charge is 0.307 e. The van der Waals surface area contributed by atoms with Crippen LogP contribution in [0.1, 0.15) is 187 Å². The molecule has 1 atom stereocenters. The van der Waals surface area contributed by atoms with Gasteiger partial charge in [0.2, 0.25) is 0 Å². The summed E-state index contributed by atoms with van der Waals surface area (Å²) in [6.45, 7) is 5.29. The number of allylic oxidation sites excluding steroid dienone is 8. The van der Waals surface area contributed by atoms with Gasteiger partial charge in [-0.25, -0.2) is 0 Å². The van der Waals surface area contributed by atoms with Crippen molar-refractivity contribution in [3.05, 3.63) is 48.6 Å². The second-order valence-corrected chi connectivity index (χ2v) is 13.4. The molecule has 0 bridgehead atoms. The zero-order chi connectivity index (χ0) is 32.9. The number of carbonyl (C=O) groups excluding carboxylic acids is 1.